The molecule has 2 N–H and O–H groups in total. The van der Waals surface area contributed by atoms with Crippen LogP contribution in [0.5, 0.6) is 0 Å². The molecular formula is C17H29N5O2. The predicted molar refractivity (Wildman–Crippen MR) is 90.5 cm³/mol. The molecule has 0 saturated heterocycles. The highest BCUT2D eigenvalue weighted by Crippen LogP contribution is 2.26. The lowest BCUT2D eigenvalue weighted by Gasteiger charge is -2.32. The van der Waals surface area contributed by atoms with Gasteiger partial charge in [-0.05, 0) is 25.7 Å². The maximum Gasteiger partial charge on any atom is 0.317 e. The first-order valence-electron chi connectivity index (χ1n) is 9.21. The molecular weight excluding hydrogens is 306 g/mol. The predicted octanol–water partition coefficient (Wildman–Crippen LogP) is 1.87. The summed E-state index contributed by atoms with van der Waals surface area (Å²) < 4.78 is 1.93. The topological polar surface area (TPSA) is 83.3 Å². The second-order valence-corrected chi connectivity index (χ2v) is 7.10. The van der Waals surface area contributed by atoms with Crippen LogP contribution in [0.1, 0.15) is 63.1 Å². The molecule has 1 saturated carbocycles. The van der Waals surface area contributed by atoms with Gasteiger partial charge >= 0.3 is 6.03 Å². The van der Waals surface area contributed by atoms with E-state index < -0.39 is 0 Å². The van der Waals surface area contributed by atoms with Crippen LogP contribution in [-0.4, -0.2) is 50.5 Å². The maximum absolute atomic E-state index is 12.6. The van der Waals surface area contributed by atoms with Crippen LogP contribution in [0.2, 0.25) is 0 Å². The first kappa shape index (κ1) is 17.2. The highest BCUT2D eigenvalue weighted by molar-refractivity contribution is 5.74. The number of fused-ring (bicyclic) bond motifs is 1. The number of hydrogen-bond donors (Lipinski definition) is 2. The van der Waals surface area contributed by atoms with E-state index in [0.717, 1.165) is 63.1 Å². The number of aryl methyl sites for hydroxylation is 2. The number of aliphatic hydroxyl groups is 1. The number of hydrogen-bond acceptors (Lipinski definition) is 4. The summed E-state index contributed by atoms with van der Waals surface area (Å²) in [6.45, 7) is 3.52. The molecule has 7 heteroatoms. The number of urea groups is 1. The van der Waals surface area contributed by atoms with Crippen LogP contribution in [0.15, 0.2) is 0 Å². The van der Waals surface area contributed by atoms with Crippen LogP contribution in [-0.2, 0) is 13.0 Å². The van der Waals surface area contributed by atoms with Gasteiger partial charge in [-0.3, -0.25) is 0 Å². The maximum atomic E-state index is 12.6. The molecule has 3 atom stereocenters. The second-order valence-electron chi connectivity index (χ2n) is 7.10. The summed E-state index contributed by atoms with van der Waals surface area (Å²) in [5.74, 6) is 1.90. The Morgan fingerprint density at radius 3 is 2.88 bits per heavy atom. The summed E-state index contributed by atoms with van der Waals surface area (Å²) in [4.78, 5) is 18.8. The van der Waals surface area contributed by atoms with E-state index in [1.807, 2.05) is 18.7 Å². The largest absolute Gasteiger partial charge is 0.393 e. The first-order valence-corrected chi connectivity index (χ1v) is 9.21. The first-order chi connectivity index (χ1) is 11.6. The molecule has 0 spiro atoms. The number of nitrogens with zero attached hydrogens (tertiary/aromatic N) is 4. The number of nitrogens with one attached hydrogen (secondary N) is 1. The summed E-state index contributed by atoms with van der Waals surface area (Å²) in [5.41, 5.74) is 0. The van der Waals surface area contributed by atoms with Crippen molar-refractivity contribution in [2.24, 2.45) is 5.92 Å². The number of aromatic nitrogens is 3. The average Bonchev–Trinajstić information content (AvgIpc) is 3.01. The van der Waals surface area contributed by atoms with E-state index in [0.29, 0.717) is 6.54 Å². The lowest BCUT2D eigenvalue weighted by Crippen LogP contribution is -2.45. The van der Waals surface area contributed by atoms with Gasteiger partial charge in [0.1, 0.15) is 5.82 Å². The molecule has 1 aliphatic carbocycles. The average molecular weight is 335 g/mol. The lowest BCUT2D eigenvalue weighted by atomic mass is 9.86. The summed E-state index contributed by atoms with van der Waals surface area (Å²) in [7, 11) is 1.81. The van der Waals surface area contributed by atoms with Crippen LogP contribution in [0.25, 0.3) is 0 Å². The third-order valence-corrected chi connectivity index (χ3v) is 5.26. The minimum Gasteiger partial charge on any atom is -0.393 e. The van der Waals surface area contributed by atoms with Gasteiger partial charge in [-0.15, -0.1) is 0 Å². The zero-order valence-corrected chi connectivity index (χ0v) is 14.7. The standard InChI is InChI=1S/C17H29N5O2/c1-3-15-19-16-13(8-6-10-22(16)20-15)18-17(24)21(2)11-12-7-4-5-9-14(12)23/h12-14,23H,3-11H2,1-2H3,(H,18,24). The second kappa shape index (κ2) is 7.51. The van der Waals surface area contributed by atoms with Crippen LogP contribution in [0.4, 0.5) is 4.79 Å². The fourth-order valence-corrected chi connectivity index (χ4v) is 3.78. The molecule has 0 aromatic carbocycles. The minimum atomic E-state index is -0.279. The Morgan fingerprint density at radius 1 is 1.33 bits per heavy atom. The minimum absolute atomic E-state index is 0.0715. The molecule has 2 aliphatic rings. The van der Waals surface area contributed by atoms with Crippen LogP contribution in [0, 0.1) is 5.92 Å². The molecule has 0 bridgehead atoms. The van der Waals surface area contributed by atoms with Crippen molar-refractivity contribution in [2.75, 3.05) is 13.6 Å². The third kappa shape index (κ3) is 3.71. The van der Waals surface area contributed by atoms with E-state index in [-0.39, 0.29) is 24.1 Å². The summed E-state index contributed by atoms with van der Waals surface area (Å²) in [5, 5.41) is 17.7. The van der Waals surface area contributed by atoms with E-state index in [9.17, 15) is 9.90 Å². The summed E-state index contributed by atoms with van der Waals surface area (Å²) in [6, 6.07) is -0.162. The summed E-state index contributed by atoms with van der Waals surface area (Å²) >= 11 is 0. The van der Waals surface area contributed by atoms with E-state index in [2.05, 4.69) is 15.4 Å². The van der Waals surface area contributed by atoms with Gasteiger partial charge in [-0.25, -0.2) is 14.5 Å². The Morgan fingerprint density at radius 2 is 2.12 bits per heavy atom. The number of rotatable bonds is 4. The molecule has 1 aliphatic heterocycles. The molecule has 24 heavy (non-hydrogen) atoms. The molecule has 1 fully saturated rings. The van der Waals surface area contributed by atoms with Gasteiger partial charge in [0, 0.05) is 32.5 Å². The molecule has 0 radical (unpaired) electrons. The van der Waals surface area contributed by atoms with E-state index in [4.69, 9.17) is 0 Å². The van der Waals surface area contributed by atoms with Gasteiger partial charge < -0.3 is 15.3 Å². The lowest BCUT2D eigenvalue weighted by molar-refractivity contribution is 0.0561. The number of carbonyl (C=O) groups excluding carboxylic acids is 1. The van der Waals surface area contributed by atoms with Crippen molar-refractivity contribution in [1.82, 2.24) is 25.0 Å². The highest BCUT2D eigenvalue weighted by Gasteiger charge is 2.29. The van der Waals surface area contributed by atoms with Crippen molar-refractivity contribution >= 4 is 6.03 Å². The van der Waals surface area contributed by atoms with Gasteiger partial charge in [0.25, 0.3) is 0 Å². The third-order valence-electron chi connectivity index (χ3n) is 5.26. The van der Waals surface area contributed by atoms with Gasteiger partial charge in [0.05, 0.1) is 12.1 Å². The van der Waals surface area contributed by atoms with E-state index in [1.54, 1.807) is 4.90 Å². The van der Waals surface area contributed by atoms with Crippen molar-refractivity contribution in [3.05, 3.63) is 11.6 Å². The Hall–Kier alpha value is -1.63. The highest BCUT2D eigenvalue weighted by atomic mass is 16.3. The zero-order valence-electron chi connectivity index (χ0n) is 14.7. The van der Waals surface area contributed by atoms with Gasteiger partial charge in [0.2, 0.25) is 0 Å². The van der Waals surface area contributed by atoms with Crippen molar-refractivity contribution < 1.29 is 9.90 Å². The molecule has 2 heterocycles. The molecule has 3 rings (SSSR count). The van der Waals surface area contributed by atoms with Crippen LogP contribution in [0.3, 0.4) is 0 Å². The SMILES string of the molecule is CCc1nc2n(n1)CCCC2NC(=O)N(C)CC1CCCCC1O. The van der Waals surface area contributed by atoms with Crippen molar-refractivity contribution in [3.63, 3.8) is 0 Å². The normalized spacial score (nSPS) is 26.7. The fraction of sp³-hybridized carbons (Fsp3) is 0.824. The van der Waals surface area contributed by atoms with Gasteiger partial charge in [-0.1, -0.05) is 19.8 Å². The fourth-order valence-electron chi connectivity index (χ4n) is 3.78. The van der Waals surface area contributed by atoms with Crippen molar-refractivity contribution in [2.45, 2.75) is 70.6 Å². The molecule has 3 unspecified atom stereocenters. The number of aliphatic hydroxyl groups excluding tert-OH is 1. The Labute approximate surface area is 143 Å². The molecule has 7 nitrogen and oxygen atoms in total. The van der Waals surface area contributed by atoms with Crippen LogP contribution < -0.4 is 5.32 Å². The Balaban J connectivity index is 1.59. The molecule has 2 amide bonds. The monoisotopic (exact) mass is 335 g/mol. The molecule has 1 aromatic heterocycles. The zero-order chi connectivity index (χ0) is 17.1. The summed E-state index contributed by atoms with van der Waals surface area (Å²) in [6.07, 6.45) is 6.50. The Bertz CT molecular complexity index is 573. The van der Waals surface area contributed by atoms with Crippen molar-refractivity contribution in [1.29, 1.82) is 0 Å². The number of carbonyl (C=O) groups is 1. The van der Waals surface area contributed by atoms with Gasteiger partial charge in [-0.2, -0.15) is 5.10 Å². The van der Waals surface area contributed by atoms with Crippen LogP contribution >= 0.6 is 0 Å². The number of amides is 2. The molecule has 134 valence electrons. The Kier molecular flexibility index (Phi) is 5.38. The smallest absolute Gasteiger partial charge is 0.317 e. The van der Waals surface area contributed by atoms with E-state index in [1.165, 1.54) is 0 Å². The van der Waals surface area contributed by atoms with E-state index >= 15 is 0 Å². The molecule has 1 aromatic rings. The van der Waals surface area contributed by atoms with Gasteiger partial charge in [0.15, 0.2) is 5.82 Å². The van der Waals surface area contributed by atoms with Crippen molar-refractivity contribution in [3.8, 4) is 0 Å². The quantitative estimate of drug-likeness (QED) is 0.880.